The summed E-state index contributed by atoms with van der Waals surface area (Å²) in [6.45, 7) is 0.931. The molecular weight excluding hydrogens is 344 g/mol. The van der Waals surface area contributed by atoms with Gasteiger partial charge in [-0.3, -0.25) is 0 Å². The summed E-state index contributed by atoms with van der Waals surface area (Å²) in [6.07, 6.45) is 0. The van der Waals surface area contributed by atoms with Gasteiger partial charge >= 0.3 is 12.0 Å². The molecule has 0 aliphatic carbocycles. The molecule has 1 fully saturated rings. The number of hydrogen-bond donors (Lipinski definition) is 3. The predicted molar refractivity (Wildman–Crippen MR) is 78.5 cm³/mol. The van der Waals surface area contributed by atoms with Gasteiger partial charge in [0.15, 0.2) is 0 Å². The van der Waals surface area contributed by atoms with Crippen LogP contribution in [0.25, 0.3) is 0 Å². The number of carboxylic acid groups (broad SMARTS) is 1. The Labute approximate surface area is 129 Å². The lowest BCUT2D eigenvalue weighted by Gasteiger charge is -2.34. The van der Waals surface area contributed by atoms with E-state index in [0.29, 0.717) is 29.9 Å². The fraction of sp³-hybridized carbons (Fsp3) is 0.385. The normalized spacial score (nSPS) is 18.4. The Morgan fingerprint density at radius 1 is 1.48 bits per heavy atom. The van der Waals surface area contributed by atoms with E-state index < -0.39 is 5.97 Å². The molecule has 1 aliphatic rings. The van der Waals surface area contributed by atoms with E-state index in [0.717, 1.165) is 0 Å². The van der Waals surface area contributed by atoms with E-state index in [2.05, 4.69) is 21.2 Å². The molecule has 7 nitrogen and oxygen atoms in total. The molecule has 0 bridgehead atoms. The third kappa shape index (κ3) is 3.72. The minimum atomic E-state index is -1.04. The van der Waals surface area contributed by atoms with Crippen LogP contribution in [0.1, 0.15) is 10.4 Å². The van der Waals surface area contributed by atoms with Gasteiger partial charge in [0.25, 0.3) is 0 Å². The molecule has 1 aromatic carbocycles. The highest BCUT2D eigenvalue weighted by Gasteiger charge is 2.27. The highest BCUT2D eigenvalue weighted by molar-refractivity contribution is 9.10. The van der Waals surface area contributed by atoms with Crippen LogP contribution in [0.15, 0.2) is 22.7 Å². The first-order valence-electron chi connectivity index (χ1n) is 6.32. The zero-order chi connectivity index (χ0) is 15.4. The second kappa shape index (κ2) is 6.88. The number of ether oxygens (including phenoxy) is 1. The van der Waals surface area contributed by atoms with Crippen molar-refractivity contribution >= 4 is 33.6 Å². The molecule has 114 valence electrons. The van der Waals surface area contributed by atoms with Crippen molar-refractivity contribution in [3.63, 3.8) is 0 Å². The van der Waals surface area contributed by atoms with Gasteiger partial charge in [-0.15, -0.1) is 0 Å². The van der Waals surface area contributed by atoms with Crippen LogP contribution in [0.5, 0.6) is 0 Å². The number of aliphatic hydroxyl groups is 1. The molecule has 2 amide bonds. The number of carbonyl (C=O) groups is 2. The van der Waals surface area contributed by atoms with Gasteiger partial charge in [-0.05, 0) is 34.1 Å². The number of aliphatic hydroxyl groups excluding tert-OH is 1. The number of rotatable bonds is 3. The molecule has 1 heterocycles. The first-order chi connectivity index (χ1) is 10.0. The van der Waals surface area contributed by atoms with Crippen molar-refractivity contribution in [2.24, 2.45) is 0 Å². The van der Waals surface area contributed by atoms with Crippen LogP contribution in [0.2, 0.25) is 0 Å². The standard InChI is InChI=1S/C13H15BrN2O5/c14-10-5-8(12(18)19)1-2-11(10)15-13(20)16-3-4-21-7-9(16)6-17/h1-2,5,9,17H,3-4,6-7H2,(H,15,20)(H,18,19). The molecule has 0 radical (unpaired) electrons. The van der Waals surface area contributed by atoms with Crippen LogP contribution in [-0.4, -0.2) is 59.5 Å². The van der Waals surface area contributed by atoms with Crippen molar-refractivity contribution in [2.75, 3.05) is 31.7 Å². The first-order valence-corrected chi connectivity index (χ1v) is 7.11. The first kappa shape index (κ1) is 15.7. The lowest BCUT2D eigenvalue weighted by Crippen LogP contribution is -2.52. The lowest BCUT2D eigenvalue weighted by molar-refractivity contribution is -0.00485. The molecule has 1 saturated heterocycles. The second-order valence-corrected chi connectivity index (χ2v) is 5.39. The van der Waals surface area contributed by atoms with E-state index in [1.54, 1.807) is 0 Å². The van der Waals surface area contributed by atoms with E-state index in [1.165, 1.54) is 23.1 Å². The summed E-state index contributed by atoms with van der Waals surface area (Å²) in [7, 11) is 0. The topological polar surface area (TPSA) is 99.1 Å². The Hall–Kier alpha value is -1.64. The van der Waals surface area contributed by atoms with Crippen molar-refractivity contribution in [1.29, 1.82) is 0 Å². The van der Waals surface area contributed by atoms with E-state index in [9.17, 15) is 14.7 Å². The molecule has 2 rings (SSSR count). The monoisotopic (exact) mass is 358 g/mol. The molecule has 0 saturated carbocycles. The number of hydrogen-bond acceptors (Lipinski definition) is 4. The quantitative estimate of drug-likeness (QED) is 0.757. The van der Waals surface area contributed by atoms with Crippen LogP contribution >= 0.6 is 15.9 Å². The number of nitrogens with one attached hydrogen (secondary N) is 1. The zero-order valence-electron chi connectivity index (χ0n) is 11.1. The van der Waals surface area contributed by atoms with Gasteiger partial charge in [0, 0.05) is 11.0 Å². The molecule has 1 aliphatic heterocycles. The number of anilines is 1. The summed E-state index contributed by atoms with van der Waals surface area (Å²) in [6, 6.07) is 3.60. The van der Waals surface area contributed by atoms with Crippen molar-refractivity contribution in [2.45, 2.75) is 6.04 Å². The van der Waals surface area contributed by atoms with Gasteiger partial charge in [0.2, 0.25) is 0 Å². The third-order valence-corrected chi connectivity index (χ3v) is 3.81. The number of carbonyl (C=O) groups excluding carboxylic acids is 1. The molecule has 0 aromatic heterocycles. The lowest BCUT2D eigenvalue weighted by atomic mass is 10.2. The van der Waals surface area contributed by atoms with Crippen molar-refractivity contribution in [3.8, 4) is 0 Å². The minimum absolute atomic E-state index is 0.125. The summed E-state index contributed by atoms with van der Waals surface area (Å²) in [5, 5.41) is 20.8. The van der Waals surface area contributed by atoms with Crippen LogP contribution in [0.3, 0.4) is 0 Å². The maximum absolute atomic E-state index is 12.2. The minimum Gasteiger partial charge on any atom is -0.478 e. The van der Waals surface area contributed by atoms with Crippen LogP contribution in [0, 0.1) is 0 Å². The van der Waals surface area contributed by atoms with Gasteiger partial charge in [0.1, 0.15) is 0 Å². The van der Waals surface area contributed by atoms with Gasteiger partial charge in [-0.25, -0.2) is 9.59 Å². The Morgan fingerprint density at radius 2 is 2.24 bits per heavy atom. The van der Waals surface area contributed by atoms with Gasteiger partial charge in [0.05, 0.1) is 37.1 Å². The van der Waals surface area contributed by atoms with E-state index in [4.69, 9.17) is 9.84 Å². The Bertz CT molecular complexity index is 551. The fourth-order valence-electron chi connectivity index (χ4n) is 2.01. The Kier molecular flexibility index (Phi) is 5.16. The smallest absolute Gasteiger partial charge is 0.335 e. The van der Waals surface area contributed by atoms with Crippen LogP contribution in [-0.2, 0) is 4.74 Å². The molecule has 3 N–H and O–H groups in total. The molecule has 1 unspecified atom stereocenters. The fourth-order valence-corrected chi connectivity index (χ4v) is 2.49. The number of halogens is 1. The molecular formula is C13H15BrN2O5. The Morgan fingerprint density at radius 3 is 2.86 bits per heavy atom. The summed E-state index contributed by atoms with van der Waals surface area (Å²) in [5.41, 5.74) is 0.590. The molecule has 1 atom stereocenters. The molecule has 8 heteroatoms. The third-order valence-electron chi connectivity index (χ3n) is 3.16. The molecule has 21 heavy (non-hydrogen) atoms. The van der Waals surface area contributed by atoms with Crippen LogP contribution in [0.4, 0.5) is 10.5 Å². The summed E-state index contributed by atoms with van der Waals surface area (Å²) < 4.78 is 5.69. The highest BCUT2D eigenvalue weighted by atomic mass is 79.9. The van der Waals surface area contributed by atoms with Crippen molar-refractivity contribution < 1.29 is 24.5 Å². The number of urea groups is 1. The number of benzene rings is 1. The average Bonchev–Trinajstić information content (AvgIpc) is 2.48. The van der Waals surface area contributed by atoms with E-state index in [-0.39, 0.29) is 24.2 Å². The van der Waals surface area contributed by atoms with Gasteiger partial charge < -0.3 is 25.2 Å². The van der Waals surface area contributed by atoms with Crippen molar-refractivity contribution in [3.05, 3.63) is 28.2 Å². The van der Waals surface area contributed by atoms with Gasteiger partial charge in [-0.2, -0.15) is 0 Å². The maximum atomic E-state index is 12.2. The number of carboxylic acids is 1. The van der Waals surface area contributed by atoms with Crippen LogP contribution < -0.4 is 5.32 Å². The summed E-state index contributed by atoms with van der Waals surface area (Å²) in [5.74, 6) is -1.04. The van der Waals surface area contributed by atoms with E-state index in [1.807, 2.05) is 0 Å². The van der Waals surface area contributed by atoms with Crippen molar-refractivity contribution in [1.82, 2.24) is 4.90 Å². The average molecular weight is 359 g/mol. The zero-order valence-corrected chi connectivity index (χ0v) is 12.7. The predicted octanol–water partition coefficient (Wildman–Crippen LogP) is 1.37. The van der Waals surface area contributed by atoms with E-state index >= 15 is 0 Å². The highest BCUT2D eigenvalue weighted by Crippen LogP contribution is 2.24. The second-order valence-electron chi connectivity index (χ2n) is 4.53. The van der Waals surface area contributed by atoms with Gasteiger partial charge in [-0.1, -0.05) is 0 Å². The summed E-state index contributed by atoms with van der Waals surface area (Å²) >= 11 is 3.23. The number of amides is 2. The summed E-state index contributed by atoms with van der Waals surface area (Å²) in [4.78, 5) is 24.6. The Balaban J connectivity index is 2.10. The molecule has 0 spiro atoms. The SMILES string of the molecule is O=C(O)c1ccc(NC(=O)N2CCOCC2CO)c(Br)c1. The maximum Gasteiger partial charge on any atom is 0.335 e. The number of morpholine rings is 1. The largest absolute Gasteiger partial charge is 0.478 e. The molecule has 1 aromatic rings. The number of nitrogens with zero attached hydrogens (tertiary/aromatic N) is 1. The number of aromatic carboxylic acids is 1.